The van der Waals surface area contributed by atoms with Crippen LogP contribution < -0.4 is 10.1 Å². The largest absolute Gasteiger partial charge is 0.492 e. The number of anilines is 2. The molecule has 7 nitrogen and oxygen atoms in total. The average Bonchev–Trinajstić information content (AvgIpc) is 3.54. The summed E-state index contributed by atoms with van der Waals surface area (Å²) in [6.45, 7) is 6.31. The number of benzene rings is 2. The van der Waals surface area contributed by atoms with Crippen LogP contribution in [0.15, 0.2) is 66.7 Å². The SMILES string of the molecule is CC(c1ccc(-c2cccc3nc(Nc4ccc(OCCN5CCCC5)cc4)nn23)cc1)N(C)C. The second kappa shape index (κ2) is 10.5. The van der Waals surface area contributed by atoms with Crippen molar-refractivity contribution in [3.63, 3.8) is 0 Å². The molecule has 1 aliphatic rings. The molecule has 0 radical (unpaired) electrons. The smallest absolute Gasteiger partial charge is 0.247 e. The van der Waals surface area contributed by atoms with E-state index in [0.717, 1.165) is 41.5 Å². The van der Waals surface area contributed by atoms with E-state index in [1.165, 1.54) is 31.5 Å². The lowest BCUT2D eigenvalue weighted by Gasteiger charge is -2.20. The van der Waals surface area contributed by atoms with Crippen molar-refractivity contribution in [2.45, 2.75) is 25.8 Å². The van der Waals surface area contributed by atoms with Crippen LogP contribution in [-0.2, 0) is 0 Å². The summed E-state index contributed by atoms with van der Waals surface area (Å²) in [4.78, 5) is 9.34. The van der Waals surface area contributed by atoms with Gasteiger partial charge in [0.15, 0.2) is 5.65 Å². The van der Waals surface area contributed by atoms with Crippen LogP contribution in [0.5, 0.6) is 5.75 Å². The predicted octanol–water partition coefficient (Wildman–Crippen LogP) is 5.24. The number of fused-ring (bicyclic) bond motifs is 1. The molecule has 0 spiro atoms. The van der Waals surface area contributed by atoms with Crippen LogP contribution >= 0.6 is 0 Å². The van der Waals surface area contributed by atoms with E-state index in [0.29, 0.717) is 12.0 Å². The molecule has 2 aromatic heterocycles. The molecule has 0 amide bonds. The fraction of sp³-hybridized carbons (Fsp3) is 0.357. The van der Waals surface area contributed by atoms with Gasteiger partial charge in [0, 0.05) is 23.8 Å². The topological polar surface area (TPSA) is 57.9 Å². The number of rotatable bonds is 9. The molecule has 0 aliphatic carbocycles. The van der Waals surface area contributed by atoms with Gasteiger partial charge in [0.05, 0.1) is 5.69 Å². The van der Waals surface area contributed by atoms with Gasteiger partial charge in [0.1, 0.15) is 12.4 Å². The fourth-order valence-electron chi connectivity index (χ4n) is 4.47. The molecule has 35 heavy (non-hydrogen) atoms. The minimum Gasteiger partial charge on any atom is -0.492 e. The average molecular weight is 471 g/mol. The lowest BCUT2D eigenvalue weighted by atomic mass is 10.0. The highest BCUT2D eigenvalue weighted by Crippen LogP contribution is 2.25. The first-order chi connectivity index (χ1) is 17.1. The lowest BCUT2D eigenvalue weighted by molar-refractivity contribution is 0.238. The molecule has 3 heterocycles. The zero-order valence-electron chi connectivity index (χ0n) is 20.8. The summed E-state index contributed by atoms with van der Waals surface area (Å²) in [7, 11) is 4.19. The molecule has 7 heteroatoms. The van der Waals surface area contributed by atoms with Crippen molar-refractivity contribution in [3.05, 3.63) is 72.3 Å². The summed E-state index contributed by atoms with van der Waals surface area (Å²) >= 11 is 0. The van der Waals surface area contributed by atoms with Crippen molar-refractivity contribution < 1.29 is 4.74 Å². The van der Waals surface area contributed by atoms with Gasteiger partial charge in [-0.2, -0.15) is 4.98 Å². The van der Waals surface area contributed by atoms with Gasteiger partial charge in [-0.25, -0.2) is 4.52 Å². The van der Waals surface area contributed by atoms with Crippen LogP contribution in [0.2, 0.25) is 0 Å². The second-order valence-corrected chi connectivity index (χ2v) is 9.42. The molecule has 1 aliphatic heterocycles. The van der Waals surface area contributed by atoms with Crippen LogP contribution in [0.25, 0.3) is 16.9 Å². The maximum atomic E-state index is 5.91. The lowest BCUT2D eigenvalue weighted by Crippen LogP contribution is -2.25. The third-order valence-electron chi connectivity index (χ3n) is 6.81. The van der Waals surface area contributed by atoms with E-state index in [2.05, 4.69) is 71.5 Å². The summed E-state index contributed by atoms with van der Waals surface area (Å²) in [5.41, 5.74) is 5.13. The summed E-state index contributed by atoms with van der Waals surface area (Å²) in [5, 5.41) is 8.06. The van der Waals surface area contributed by atoms with Gasteiger partial charge in [0.25, 0.3) is 0 Å². The van der Waals surface area contributed by atoms with E-state index in [4.69, 9.17) is 9.84 Å². The van der Waals surface area contributed by atoms with Gasteiger partial charge in [0.2, 0.25) is 5.95 Å². The Morgan fingerprint density at radius 3 is 2.43 bits per heavy atom. The summed E-state index contributed by atoms with van der Waals surface area (Å²) in [6.07, 6.45) is 2.61. The normalized spacial score (nSPS) is 15.1. The monoisotopic (exact) mass is 470 g/mol. The van der Waals surface area contributed by atoms with E-state index in [-0.39, 0.29) is 0 Å². The van der Waals surface area contributed by atoms with Crippen LogP contribution in [0.3, 0.4) is 0 Å². The number of hydrogen-bond donors (Lipinski definition) is 1. The van der Waals surface area contributed by atoms with Crippen molar-refractivity contribution in [3.8, 4) is 17.0 Å². The van der Waals surface area contributed by atoms with E-state index in [9.17, 15) is 0 Å². The number of ether oxygens (including phenoxy) is 1. The quantitative estimate of drug-likeness (QED) is 0.361. The van der Waals surface area contributed by atoms with E-state index in [1.54, 1.807) is 0 Å². The zero-order valence-corrected chi connectivity index (χ0v) is 20.8. The number of likely N-dealkylation sites (tertiary alicyclic amines) is 1. The highest BCUT2D eigenvalue weighted by molar-refractivity contribution is 5.65. The molecule has 2 aromatic carbocycles. The molecular weight excluding hydrogens is 436 g/mol. The molecule has 1 atom stereocenters. The highest BCUT2D eigenvalue weighted by atomic mass is 16.5. The van der Waals surface area contributed by atoms with E-state index >= 15 is 0 Å². The zero-order chi connectivity index (χ0) is 24.2. The molecule has 182 valence electrons. The Morgan fingerprint density at radius 1 is 0.971 bits per heavy atom. The Balaban J connectivity index is 1.26. The van der Waals surface area contributed by atoms with Gasteiger partial charge >= 0.3 is 0 Å². The second-order valence-electron chi connectivity index (χ2n) is 9.42. The summed E-state index contributed by atoms with van der Waals surface area (Å²) in [6, 6.07) is 23.1. The molecule has 5 rings (SSSR count). The van der Waals surface area contributed by atoms with Crippen LogP contribution in [0, 0.1) is 0 Å². The standard InChI is InChI=1S/C28H34N6O/c1-21(32(2)3)22-9-11-23(12-10-22)26-7-6-8-27-30-28(31-34(26)27)29-24-13-15-25(16-14-24)35-20-19-33-17-4-5-18-33/h6-16,21H,4-5,17-20H2,1-3H3,(H,29,31). The number of pyridine rings is 1. The maximum absolute atomic E-state index is 5.91. The van der Waals surface area contributed by atoms with Crippen LogP contribution in [-0.4, -0.2) is 64.7 Å². The van der Waals surface area contributed by atoms with Crippen molar-refractivity contribution in [2.24, 2.45) is 0 Å². The van der Waals surface area contributed by atoms with Crippen molar-refractivity contribution >= 4 is 17.3 Å². The Bertz CT molecular complexity index is 1240. The van der Waals surface area contributed by atoms with E-state index < -0.39 is 0 Å². The molecule has 1 fully saturated rings. The molecule has 0 bridgehead atoms. The Hall–Kier alpha value is -3.42. The van der Waals surface area contributed by atoms with Gasteiger partial charge in [-0.3, -0.25) is 4.90 Å². The molecule has 1 saturated heterocycles. The number of nitrogens with one attached hydrogen (secondary N) is 1. The maximum Gasteiger partial charge on any atom is 0.247 e. The fourth-order valence-corrected chi connectivity index (χ4v) is 4.47. The Kier molecular flexibility index (Phi) is 6.97. The van der Waals surface area contributed by atoms with Gasteiger partial charge in [-0.1, -0.05) is 30.3 Å². The van der Waals surface area contributed by atoms with Gasteiger partial charge in [-0.05, 0) is 88.9 Å². The molecule has 1 unspecified atom stereocenters. The molecule has 4 aromatic rings. The van der Waals surface area contributed by atoms with Crippen molar-refractivity contribution in [1.29, 1.82) is 0 Å². The number of aromatic nitrogens is 3. The Morgan fingerprint density at radius 2 is 1.71 bits per heavy atom. The summed E-state index contributed by atoms with van der Waals surface area (Å²) in [5.74, 6) is 1.45. The first kappa shape index (κ1) is 23.3. The third-order valence-corrected chi connectivity index (χ3v) is 6.81. The minimum absolute atomic E-state index is 0.365. The van der Waals surface area contributed by atoms with Gasteiger partial charge in [-0.15, -0.1) is 5.10 Å². The third kappa shape index (κ3) is 5.47. The Labute approximate surface area is 207 Å². The summed E-state index contributed by atoms with van der Waals surface area (Å²) < 4.78 is 7.81. The van der Waals surface area contributed by atoms with Crippen LogP contribution in [0.4, 0.5) is 11.6 Å². The van der Waals surface area contributed by atoms with E-state index in [1.807, 2.05) is 40.9 Å². The predicted molar refractivity (Wildman–Crippen MR) is 141 cm³/mol. The first-order valence-electron chi connectivity index (χ1n) is 12.4. The highest BCUT2D eigenvalue weighted by Gasteiger charge is 2.12. The first-order valence-corrected chi connectivity index (χ1v) is 12.4. The van der Waals surface area contributed by atoms with Crippen LogP contribution in [0.1, 0.15) is 31.4 Å². The van der Waals surface area contributed by atoms with Crippen molar-refractivity contribution in [2.75, 3.05) is 45.7 Å². The van der Waals surface area contributed by atoms with Gasteiger partial charge < -0.3 is 15.0 Å². The number of hydrogen-bond acceptors (Lipinski definition) is 6. The molecule has 1 N–H and O–H groups in total. The molecular formula is C28H34N6O. The minimum atomic E-state index is 0.365. The van der Waals surface area contributed by atoms with Crippen molar-refractivity contribution in [1.82, 2.24) is 24.4 Å². The molecule has 0 saturated carbocycles. The number of nitrogens with zero attached hydrogens (tertiary/aromatic N) is 5.